The third kappa shape index (κ3) is 2.17. The van der Waals surface area contributed by atoms with Gasteiger partial charge in [-0.1, -0.05) is 6.08 Å². The molecule has 5 nitrogen and oxygen atoms in total. The molecule has 0 radical (unpaired) electrons. The Bertz CT molecular complexity index is 832. The van der Waals surface area contributed by atoms with Gasteiger partial charge in [-0.2, -0.15) is 5.10 Å². The maximum atomic E-state index is 10.1. The average Bonchev–Trinajstić information content (AvgIpc) is 3.22. The second kappa shape index (κ2) is 5.44. The minimum absolute atomic E-state index is 0.0461. The fourth-order valence-electron chi connectivity index (χ4n) is 4.27. The van der Waals surface area contributed by atoms with E-state index in [-0.39, 0.29) is 6.23 Å². The summed E-state index contributed by atoms with van der Waals surface area (Å²) in [5.41, 5.74) is 5.13. The molecule has 1 aromatic carbocycles. The van der Waals surface area contributed by atoms with E-state index in [2.05, 4.69) is 17.2 Å². The van der Waals surface area contributed by atoms with E-state index in [4.69, 9.17) is 4.74 Å². The quantitative estimate of drug-likeness (QED) is 0.845. The summed E-state index contributed by atoms with van der Waals surface area (Å²) in [5.74, 6) is 0.595. The molecule has 0 spiro atoms. The van der Waals surface area contributed by atoms with Crippen LogP contribution in [0.1, 0.15) is 49.5 Å². The Hall–Kier alpha value is -1.63. The van der Waals surface area contributed by atoms with Crippen LogP contribution in [0.15, 0.2) is 18.3 Å². The predicted octanol–water partition coefficient (Wildman–Crippen LogP) is 1.76. The van der Waals surface area contributed by atoms with Crippen molar-refractivity contribution in [3.05, 3.63) is 29.5 Å². The summed E-state index contributed by atoms with van der Waals surface area (Å²) in [7, 11) is -1.48. The van der Waals surface area contributed by atoms with Gasteiger partial charge in [0.2, 0.25) is 0 Å². The summed E-state index contributed by atoms with van der Waals surface area (Å²) in [4.78, 5) is 0. The first-order valence-electron chi connectivity index (χ1n) is 8.95. The number of allylic oxidation sites excluding steroid dienone is 2. The van der Waals surface area contributed by atoms with Gasteiger partial charge in [-0.15, -0.1) is 0 Å². The number of benzene rings is 1. The summed E-state index contributed by atoms with van der Waals surface area (Å²) in [6, 6.07) is 2.17. The van der Waals surface area contributed by atoms with E-state index in [1.54, 1.807) is 6.20 Å². The largest absolute Gasteiger partial charge is 0.489 e. The highest BCUT2D eigenvalue weighted by molar-refractivity contribution is 6.63. The lowest BCUT2D eigenvalue weighted by Gasteiger charge is -2.24. The molecule has 124 valence electrons. The molecule has 1 atom stereocenters. The van der Waals surface area contributed by atoms with Crippen LogP contribution in [0.2, 0.25) is 0 Å². The molecule has 1 aliphatic heterocycles. The zero-order valence-corrected chi connectivity index (χ0v) is 13.6. The van der Waals surface area contributed by atoms with Crippen molar-refractivity contribution in [2.45, 2.75) is 44.8 Å². The van der Waals surface area contributed by atoms with Gasteiger partial charge in [0.1, 0.15) is 0 Å². The van der Waals surface area contributed by atoms with Crippen molar-refractivity contribution >= 4 is 29.1 Å². The Morgan fingerprint density at radius 1 is 1.21 bits per heavy atom. The number of nitrogens with zero attached hydrogens (tertiary/aromatic N) is 2. The van der Waals surface area contributed by atoms with Gasteiger partial charge in [-0.25, -0.2) is 4.68 Å². The highest BCUT2D eigenvalue weighted by Gasteiger charge is 2.35. The van der Waals surface area contributed by atoms with Gasteiger partial charge in [-0.3, -0.25) is 0 Å². The summed E-state index contributed by atoms with van der Waals surface area (Å²) >= 11 is 0. The molecule has 5 rings (SSSR count). The fourth-order valence-corrected chi connectivity index (χ4v) is 4.27. The zero-order valence-electron chi connectivity index (χ0n) is 13.6. The van der Waals surface area contributed by atoms with Crippen molar-refractivity contribution in [1.29, 1.82) is 0 Å². The van der Waals surface area contributed by atoms with Crippen molar-refractivity contribution in [2.24, 2.45) is 5.92 Å². The number of ether oxygens (including phenoxy) is 1. The van der Waals surface area contributed by atoms with Gasteiger partial charge in [-0.05, 0) is 67.2 Å². The Balaban J connectivity index is 1.69. The molecule has 1 unspecified atom stereocenters. The van der Waals surface area contributed by atoms with Crippen molar-refractivity contribution < 1.29 is 14.8 Å². The number of rotatable bonds is 3. The molecule has 6 heteroatoms. The van der Waals surface area contributed by atoms with Crippen molar-refractivity contribution in [1.82, 2.24) is 9.78 Å². The lowest BCUT2D eigenvalue weighted by Crippen LogP contribution is -2.34. The molecule has 1 aromatic heterocycles. The Morgan fingerprint density at radius 2 is 2.08 bits per heavy atom. The molecule has 3 aliphatic rings. The number of aromatic nitrogens is 2. The standard InChI is InChI=1S/C18H21BN2O3/c22-19(23)18-14-10-20-21(16-3-1-2-8-24-16)15(14)9-12-6-7-13(17(12)18)11-4-5-11/h7,9-11,16,22-23H,1-6,8H2. The van der Waals surface area contributed by atoms with Gasteiger partial charge >= 0.3 is 7.12 Å². The predicted molar refractivity (Wildman–Crippen MR) is 92.8 cm³/mol. The monoisotopic (exact) mass is 324 g/mol. The number of hydrogen-bond donors (Lipinski definition) is 2. The smallest absolute Gasteiger partial charge is 0.423 e. The van der Waals surface area contributed by atoms with Crippen LogP contribution < -0.4 is 5.46 Å². The first-order valence-corrected chi connectivity index (χ1v) is 8.95. The lowest BCUT2D eigenvalue weighted by atomic mass is 9.72. The van der Waals surface area contributed by atoms with E-state index >= 15 is 0 Å². The summed E-state index contributed by atoms with van der Waals surface area (Å²) in [6.45, 7) is 0.764. The molecule has 1 saturated heterocycles. The van der Waals surface area contributed by atoms with Crippen LogP contribution in [0.5, 0.6) is 0 Å². The molecule has 2 N–H and O–H groups in total. The maximum absolute atomic E-state index is 10.1. The zero-order chi connectivity index (χ0) is 16.3. The van der Waals surface area contributed by atoms with E-state index in [9.17, 15) is 10.0 Å². The normalized spacial score (nSPS) is 23.4. The second-order valence-corrected chi connectivity index (χ2v) is 7.18. The van der Waals surface area contributed by atoms with Gasteiger partial charge < -0.3 is 14.8 Å². The first kappa shape index (κ1) is 14.7. The van der Waals surface area contributed by atoms with Crippen LogP contribution in [0.3, 0.4) is 0 Å². The average molecular weight is 324 g/mol. The lowest BCUT2D eigenvalue weighted by molar-refractivity contribution is -0.0366. The van der Waals surface area contributed by atoms with Crippen LogP contribution in [0.25, 0.3) is 16.5 Å². The number of hydrogen-bond acceptors (Lipinski definition) is 4. The molecule has 2 aliphatic carbocycles. The summed E-state index contributed by atoms with van der Waals surface area (Å²) < 4.78 is 7.81. The van der Waals surface area contributed by atoms with Crippen LogP contribution in [0, 0.1) is 5.92 Å². The SMILES string of the molecule is OB(O)c1c2c(cc3c1cnn3C1CCCCO1)CC=C2C1CC1. The van der Waals surface area contributed by atoms with Crippen molar-refractivity contribution in [3.8, 4) is 0 Å². The second-order valence-electron chi connectivity index (χ2n) is 7.18. The van der Waals surface area contributed by atoms with Crippen LogP contribution in [-0.4, -0.2) is 33.6 Å². The Morgan fingerprint density at radius 3 is 2.79 bits per heavy atom. The van der Waals surface area contributed by atoms with Crippen molar-refractivity contribution in [2.75, 3.05) is 6.61 Å². The molecule has 2 heterocycles. The van der Waals surface area contributed by atoms with E-state index in [1.165, 1.54) is 24.0 Å². The molecular formula is C18H21BN2O3. The third-order valence-corrected chi connectivity index (χ3v) is 5.56. The third-order valence-electron chi connectivity index (χ3n) is 5.56. The molecule has 24 heavy (non-hydrogen) atoms. The van der Waals surface area contributed by atoms with E-state index in [1.807, 2.05) is 4.68 Å². The van der Waals surface area contributed by atoms with Gasteiger partial charge in [0.15, 0.2) is 6.23 Å². The molecule has 1 saturated carbocycles. The van der Waals surface area contributed by atoms with Crippen LogP contribution >= 0.6 is 0 Å². The van der Waals surface area contributed by atoms with E-state index in [0.717, 1.165) is 48.8 Å². The highest BCUT2D eigenvalue weighted by atomic mass is 16.5. The topological polar surface area (TPSA) is 67.5 Å². The van der Waals surface area contributed by atoms with Gasteiger partial charge in [0.05, 0.1) is 11.7 Å². The number of fused-ring (bicyclic) bond motifs is 2. The summed E-state index contributed by atoms with van der Waals surface area (Å²) in [5, 5.41) is 25.5. The Labute approximate surface area is 141 Å². The minimum Gasteiger partial charge on any atom is -0.423 e. The Kier molecular flexibility index (Phi) is 3.33. The van der Waals surface area contributed by atoms with Crippen LogP contribution in [0.4, 0.5) is 0 Å². The molecular weight excluding hydrogens is 303 g/mol. The minimum atomic E-state index is -1.48. The maximum Gasteiger partial charge on any atom is 0.489 e. The van der Waals surface area contributed by atoms with Crippen LogP contribution in [-0.2, 0) is 11.2 Å². The van der Waals surface area contributed by atoms with E-state index in [0.29, 0.717) is 11.4 Å². The van der Waals surface area contributed by atoms with Crippen molar-refractivity contribution in [3.63, 3.8) is 0 Å². The van der Waals surface area contributed by atoms with Gasteiger partial charge in [0, 0.05) is 17.5 Å². The summed E-state index contributed by atoms with van der Waals surface area (Å²) in [6.07, 6.45) is 10.5. The molecule has 2 aromatic rings. The first-order chi connectivity index (χ1) is 11.7. The molecule has 2 fully saturated rings. The van der Waals surface area contributed by atoms with Gasteiger partial charge in [0.25, 0.3) is 0 Å². The molecule has 0 amide bonds. The highest BCUT2D eigenvalue weighted by Crippen LogP contribution is 2.46. The van der Waals surface area contributed by atoms with E-state index < -0.39 is 7.12 Å². The fraction of sp³-hybridized carbons (Fsp3) is 0.500. The molecule has 0 bridgehead atoms.